The normalized spacial score (nSPS) is 13.8. The molecule has 0 N–H and O–H groups in total. The Morgan fingerprint density at radius 1 is 1.40 bits per heavy atom. The molecule has 0 atom stereocenters. The van der Waals surface area contributed by atoms with E-state index in [0.29, 0.717) is 11.3 Å². The van der Waals surface area contributed by atoms with Crippen LogP contribution in [0.2, 0.25) is 0 Å². The molecule has 0 bridgehead atoms. The van der Waals surface area contributed by atoms with Gasteiger partial charge in [0.1, 0.15) is 12.0 Å². The molecule has 0 aromatic carbocycles. The molecular formula is C6H3N3O. The topological polar surface area (TPSA) is 55.2 Å². The summed E-state index contributed by atoms with van der Waals surface area (Å²) < 4.78 is 0. The zero-order chi connectivity index (χ0) is 6.97. The first-order chi connectivity index (χ1) is 4.88. The van der Waals surface area contributed by atoms with E-state index in [1.54, 1.807) is 6.20 Å². The molecule has 0 saturated heterocycles. The predicted octanol–water partition coefficient (Wildman–Crippen LogP) is 0.0493. The van der Waals surface area contributed by atoms with Crippen molar-refractivity contribution in [1.82, 2.24) is 9.97 Å². The molecule has 4 heteroatoms. The standard InChI is InChI=1S/C6H3N3O/c10-6-5-4(2-8-6)1-7-3-9-5/h1-3H. The molecule has 1 aliphatic rings. The molecule has 2 rings (SSSR count). The third-order valence-corrected chi connectivity index (χ3v) is 1.26. The molecule has 0 radical (unpaired) electrons. The fraction of sp³-hybridized carbons (Fsp3) is 0. The fourth-order valence-corrected chi connectivity index (χ4v) is 0.803. The van der Waals surface area contributed by atoms with Crippen molar-refractivity contribution in [3.05, 3.63) is 23.8 Å². The highest BCUT2D eigenvalue weighted by atomic mass is 16.1. The maximum Gasteiger partial charge on any atom is 0.296 e. The number of aromatic nitrogens is 2. The Morgan fingerprint density at radius 2 is 2.30 bits per heavy atom. The number of hydrogen-bond donors (Lipinski definition) is 0. The zero-order valence-electron chi connectivity index (χ0n) is 4.98. The molecule has 4 nitrogen and oxygen atoms in total. The monoisotopic (exact) mass is 133 g/mol. The van der Waals surface area contributed by atoms with Crippen molar-refractivity contribution < 1.29 is 4.79 Å². The molecule has 0 aliphatic carbocycles. The van der Waals surface area contributed by atoms with Crippen molar-refractivity contribution in [2.24, 2.45) is 4.99 Å². The van der Waals surface area contributed by atoms with Crippen LogP contribution in [0.1, 0.15) is 16.1 Å². The summed E-state index contributed by atoms with van der Waals surface area (Å²) in [5.74, 6) is -0.280. The summed E-state index contributed by atoms with van der Waals surface area (Å²) in [7, 11) is 0. The lowest BCUT2D eigenvalue weighted by Gasteiger charge is -1.88. The van der Waals surface area contributed by atoms with E-state index in [1.165, 1.54) is 12.5 Å². The summed E-state index contributed by atoms with van der Waals surface area (Å²) in [6, 6.07) is 0. The number of aliphatic imine (C=N–C) groups is 1. The molecule has 0 saturated carbocycles. The van der Waals surface area contributed by atoms with Crippen molar-refractivity contribution in [1.29, 1.82) is 0 Å². The molecule has 1 aromatic rings. The van der Waals surface area contributed by atoms with Crippen LogP contribution in [0.5, 0.6) is 0 Å². The van der Waals surface area contributed by atoms with Gasteiger partial charge < -0.3 is 0 Å². The van der Waals surface area contributed by atoms with Crippen LogP contribution in [0.4, 0.5) is 0 Å². The van der Waals surface area contributed by atoms with Gasteiger partial charge in [0.2, 0.25) is 0 Å². The summed E-state index contributed by atoms with van der Waals surface area (Å²) in [5.41, 5.74) is 1.10. The maximum absolute atomic E-state index is 10.8. The molecule has 1 amide bonds. The van der Waals surface area contributed by atoms with Gasteiger partial charge in [-0.05, 0) is 0 Å². The number of nitrogens with zero attached hydrogens (tertiary/aromatic N) is 3. The third-order valence-electron chi connectivity index (χ3n) is 1.26. The van der Waals surface area contributed by atoms with Crippen LogP contribution in [-0.2, 0) is 0 Å². The molecule has 1 aliphatic heterocycles. The van der Waals surface area contributed by atoms with Crippen molar-refractivity contribution in [2.75, 3.05) is 0 Å². The lowest BCUT2D eigenvalue weighted by atomic mass is 10.3. The first kappa shape index (κ1) is 5.22. The van der Waals surface area contributed by atoms with Crippen LogP contribution in [0, 0.1) is 0 Å². The van der Waals surface area contributed by atoms with E-state index < -0.39 is 0 Å². The lowest BCUT2D eigenvalue weighted by Crippen LogP contribution is -1.96. The SMILES string of the molecule is O=C1N=Cc2cncnc21. The minimum Gasteiger partial charge on any atom is -0.265 e. The first-order valence-corrected chi connectivity index (χ1v) is 2.76. The minimum absolute atomic E-state index is 0.280. The van der Waals surface area contributed by atoms with Gasteiger partial charge in [-0.3, -0.25) is 4.79 Å². The summed E-state index contributed by atoms with van der Waals surface area (Å²) in [5, 5.41) is 0. The van der Waals surface area contributed by atoms with E-state index in [0.717, 1.165) is 0 Å². The van der Waals surface area contributed by atoms with Gasteiger partial charge in [-0.2, -0.15) is 0 Å². The van der Waals surface area contributed by atoms with E-state index in [2.05, 4.69) is 15.0 Å². The molecule has 48 valence electrons. The summed E-state index contributed by atoms with van der Waals surface area (Å²) in [6.07, 6.45) is 4.37. The average Bonchev–Trinajstić information content (AvgIpc) is 2.34. The van der Waals surface area contributed by atoms with E-state index in [4.69, 9.17) is 0 Å². The van der Waals surface area contributed by atoms with Crippen molar-refractivity contribution >= 4 is 12.1 Å². The number of hydrogen-bond acceptors (Lipinski definition) is 3. The Balaban J connectivity index is 2.70. The fourth-order valence-electron chi connectivity index (χ4n) is 0.803. The zero-order valence-corrected chi connectivity index (χ0v) is 4.98. The number of amides is 1. The smallest absolute Gasteiger partial charge is 0.265 e. The average molecular weight is 133 g/mol. The van der Waals surface area contributed by atoms with Crippen LogP contribution < -0.4 is 0 Å². The van der Waals surface area contributed by atoms with Gasteiger partial charge in [-0.25, -0.2) is 15.0 Å². The van der Waals surface area contributed by atoms with Crippen molar-refractivity contribution in [2.45, 2.75) is 0 Å². The van der Waals surface area contributed by atoms with Crippen LogP contribution in [0.25, 0.3) is 0 Å². The van der Waals surface area contributed by atoms with Crippen LogP contribution in [0.3, 0.4) is 0 Å². The largest absolute Gasteiger partial charge is 0.296 e. The Labute approximate surface area is 56.7 Å². The quantitative estimate of drug-likeness (QED) is 0.502. The summed E-state index contributed by atoms with van der Waals surface area (Å²) in [6.45, 7) is 0. The number of carbonyl (C=O) groups is 1. The number of carbonyl (C=O) groups excluding carboxylic acids is 1. The Bertz CT molecular complexity index is 319. The van der Waals surface area contributed by atoms with Gasteiger partial charge in [-0.15, -0.1) is 0 Å². The van der Waals surface area contributed by atoms with E-state index in [9.17, 15) is 4.79 Å². The van der Waals surface area contributed by atoms with Crippen LogP contribution in [-0.4, -0.2) is 22.1 Å². The number of fused-ring (bicyclic) bond motifs is 1. The molecular weight excluding hydrogens is 130 g/mol. The van der Waals surface area contributed by atoms with Gasteiger partial charge in [0.05, 0.1) is 0 Å². The van der Waals surface area contributed by atoms with Gasteiger partial charge >= 0.3 is 0 Å². The summed E-state index contributed by atoms with van der Waals surface area (Å²) in [4.78, 5) is 21.8. The summed E-state index contributed by atoms with van der Waals surface area (Å²) >= 11 is 0. The molecule has 0 unspecified atom stereocenters. The van der Waals surface area contributed by atoms with Gasteiger partial charge in [-0.1, -0.05) is 0 Å². The number of rotatable bonds is 0. The predicted molar refractivity (Wildman–Crippen MR) is 34.0 cm³/mol. The Morgan fingerprint density at radius 3 is 3.10 bits per heavy atom. The van der Waals surface area contributed by atoms with Crippen LogP contribution in [0.15, 0.2) is 17.5 Å². The maximum atomic E-state index is 10.8. The van der Waals surface area contributed by atoms with Gasteiger partial charge in [0, 0.05) is 18.0 Å². The van der Waals surface area contributed by atoms with E-state index >= 15 is 0 Å². The first-order valence-electron chi connectivity index (χ1n) is 2.76. The highest BCUT2D eigenvalue weighted by molar-refractivity contribution is 6.11. The third kappa shape index (κ3) is 0.556. The molecule has 0 spiro atoms. The van der Waals surface area contributed by atoms with Crippen molar-refractivity contribution in [3.8, 4) is 0 Å². The lowest BCUT2D eigenvalue weighted by molar-refractivity contribution is 0.100. The Hall–Kier alpha value is -1.58. The molecule has 10 heavy (non-hydrogen) atoms. The second-order valence-corrected chi connectivity index (χ2v) is 1.89. The second kappa shape index (κ2) is 1.70. The highest BCUT2D eigenvalue weighted by Gasteiger charge is 2.15. The Kier molecular flexibility index (Phi) is 0.887. The van der Waals surface area contributed by atoms with E-state index in [1.807, 2.05) is 0 Å². The minimum atomic E-state index is -0.280. The highest BCUT2D eigenvalue weighted by Crippen LogP contribution is 2.07. The van der Waals surface area contributed by atoms with Gasteiger partial charge in [0.15, 0.2) is 0 Å². The molecule has 1 aromatic heterocycles. The second-order valence-electron chi connectivity index (χ2n) is 1.89. The molecule has 2 heterocycles. The van der Waals surface area contributed by atoms with Crippen LogP contribution >= 0.6 is 0 Å². The molecule has 0 fully saturated rings. The van der Waals surface area contributed by atoms with Gasteiger partial charge in [0.25, 0.3) is 5.91 Å². The van der Waals surface area contributed by atoms with Crippen molar-refractivity contribution in [3.63, 3.8) is 0 Å². The van der Waals surface area contributed by atoms with E-state index in [-0.39, 0.29) is 5.91 Å².